The Morgan fingerprint density at radius 3 is 3.00 bits per heavy atom. The van der Waals surface area contributed by atoms with Crippen LogP contribution in [0.1, 0.15) is 25.3 Å². The van der Waals surface area contributed by atoms with E-state index < -0.39 is 0 Å². The third kappa shape index (κ3) is 2.80. The summed E-state index contributed by atoms with van der Waals surface area (Å²) in [4.78, 5) is 2.57. The Morgan fingerprint density at radius 1 is 1.32 bits per heavy atom. The van der Waals surface area contributed by atoms with E-state index in [1.54, 1.807) is 0 Å². The minimum atomic E-state index is 0.629. The van der Waals surface area contributed by atoms with Gasteiger partial charge < -0.3 is 5.32 Å². The molecule has 4 nitrogen and oxygen atoms in total. The molecule has 0 aromatic carbocycles. The first-order chi connectivity index (χ1) is 9.34. The quantitative estimate of drug-likeness (QED) is 0.889. The van der Waals surface area contributed by atoms with E-state index in [4.69, 9.17) is 0 Å². The molecule has 4 heteroatoms. The van der Waals surface area contributed by atoms with E-state index in [-0.39, 0.29) is 0 Å². The molecule has 1 aliphatic rings. The maximum atomic E-state index is 4.36. The molecule has 0 aliphatic carbocycles. The SMILES string of the molecule is CC(CNCc1cnn2ccccc12)N1CCCC1. The van der Waals surface area contributed by atoms with Crippen LogP contribution in [-0.2, 0) is 6.54 Å². The van der Waals surface area contributed by atoms with E-state index >= 15 is 0 Å². The summed E-state index contributed by atoms with van der Waals surface area (Å²) in [5, 5.41) is 7.92. The van der Waals surface area contributed by atoms with Gasteiger partial charge in [-0.15, -0.1) is 0 Å². The first-order valence-electron chi connectivity index (χ1n) is 7.20. The molecule has 3 heterocycles. The van der Waals surface area contributed by atoms with Gasteiger partial charge in [-0.05, 0) is 45.0 Å². The zero-order valence-corrected chi connectivity index (χ0v) is 11.5. The summed E-state index contributed by atoms with van der Waals surface area (Å²) in [5.74, 6) is 0. The highest BCUT2D eigenvalue weighted by molar-refractivity contribution is 5.53. The number of nitrogens with zero attached hydrogens (tertiary/aromatic N) is 3. The molecule has 1 aliphatic heterocycles. The van der Waals surface area contributed by atoms with Gasteiger partial charge in [0, 0.05) is 30.9 Å². The van der Waals surface area contributed by atoms with Crippen molar-refractivity contribution in [3.05, 3.63) is 36.2 Å². The van der Waals surface area contributed by atoms with Crippen LogP contribution >= 0.6 is 0 Å². The van der Waals surface area contributed by atoms with E-state index in [1.807, 2.05) is 23.0 Å². The number of fused-ring (bicyclic) bond motifs is 1. The Kier molecular flexibility index (Phi) is 3.80. The van der Waals surface area contributed by atoms with Gasteiger partial charge in [0.05, 0.1) is 11.7 Å². The number of pyridine rings is 1. The lowest BCUT2D eigenvalue weighted by atomic mass is 10.2. The standard InChI is InChI=1S/C15H22N4/c1-13(18-7-4-5-8-18)10-16-11-14-12-17-19-9-3-2-6-15(14)19/h2-3,6,9,12-13,16H,4-5,7-8,10-11H2,1H3. The topological polar surface area (TPSA) is 32.6 Å². The Labute approximate surface area is 114 Å². The summed E-state index contributed by atoms with van der Waals surface area (Å²) in [6.45, 7) is 6.78. The molecule has 0 bridgehead atoms. The van der Waals surface area contributed by atoms with Crippen LogP contribution in [0.3, 0.4) is 0 Å². The number of rotatable bonds is 5. The Hall–Kier alpha value is -1.39. The fourth-order valence-corrected chi connectivity index (χ4v) is 2.85. The highest BCUT2D eigenvalue weighted by Crippen LogP contribution is 2.12. The number of nitrogens with one attached hydrogen (secondary N) is 1. The Balaban J connectivity index is 1.54. The van der Waals surface area contributed by atoms with Crippen LogP contribution in [-0.4, -0.2) is 40.2 Å². The van der Waals surface area contributed by atoms with Crippen molar-refractivity contribution in [2.75, 3.05) is 19.6 Å². The normalized spacial score (nSPS) is 18.2. The molecule has 1 atom stereocenters. The molecule has 1 saturated heterocycles. The van der Waals surface area contributed by atoms with Gasteiger partial charge in [0.15, 0.2) is 0 Å². The predicted octanol–water partition coefficient (Wildman–Crippen LogP) is 1.91. The van der Waals surface area contributed by atoms with Crippen LogP contribution in [0.25, 0.3) is 5.52 Å². The van der Waals surface area contributed by atoms with Crippen LogP contribution in [0.15, 0.2) is 30.6 Å². The number of hydrogen-bond donors (Lipinski definition) is 1. The van der Waals surface area contributed by atoms with Crippen molar-refractivity contribution in [1.82, 2.24) is 19.8 Å². The molecule has 102 valence electrons. The van der Waals surface area contributed by atoms with E-state index in [0.29, 0.717) is 6.04 Å². The maximum Gasteiger partial charge on any atom is 0.0706 e. The van der Waals surface area contributed by atoms with Crippen molar-refractivity contribution in [1.29, 1.82) is 0 Å². The molecule has 1 fully saturated rings. The molecule has 0 amide bonds. The van der Waals surface area contributed by atoms with Crippen molar-refractivity contribution in [3.8, 4) is 0 Å². The number of hydrogen-bond acceptors (Lipinski definition) is 3. The lowest BCUT2D eigenvalue weighted by Gasteiger charge is -2.23. The first kappa shape index (κ1) is 12.6. The molecule has 2 aromatic rings. The lowest BCUT2D eigenvalue weighted by Crippen LogP contribution is -2.38. The minimum absolute atomic E-state index is 0.629. The van der Waals surface area contributed by atoms with Crippen molar-refractivity contribution < 1.29 is 0 Å². The average molecular weight is 258 g/mol. The summed E-state index contributed by atoms with van der Waals surface area (Å²) in [6, 6.07) is 6.82. The van der Waals surface area contributed by atoms with Gasteiger partial charge >= 0.3 is 0 Å². The van der Waals surface area contributed by atoms with Gasteiger partial charge in [-0.1, -0.05) is 6.07 Å². The van der Waals surface area contributed by atoms with E-state index in [9.17, 15) is 0 Å². The van der Waals surface area contributed by atoms with Gasteiger partial charge in [-0.3, -0.25) is 4.90 Å². The second-order valence-electron chi connectivity index (χ2n) is 5.42. The van der Waals surface area contributed by atoms with Crippen molar-refractivity contribution in [2.24, 2.45) is 0 Å². The number of aromatic nitrogens is 2. The summed E-state index contributed by atoms with van der Waals surface area (Å²) < 4.78 is 1.93. The monoisotopic (exact) mass is 258 g/mol. The molecule has 0 saturated carbocycles. The van der Waals surface area contributed by atoms with Gasteiger partial charge in [0.25, 0.3) is 0 Å². The molecular formula is C15H22N4. The van der Waals surface area contributed by atoms with E-state index in [2.05, 4.69) is 34.4 Å². The maximum absolute atomic E-state index is 4.36. The van der Waals surface area contributed by atoms with Crippen molar-refractivity contribution >= 4 is 5.52 Å². The smallest absolute Gasteiger partial charge is 0.0706 e. The molecule has 1 unspecified atom stereocenters. The zero-order valence-electron chi connectivity index (χ0n) is 11.5. The largest absolute Gasteiger partial charge is 0.311 e. The molecule has 2 aromatic heterocycles. The van der Waals surface area contributed by atoms with Crippen molar-refractivity contribution in [3.63, 3.8) is 0 Å². The van der Waals surface area contributed by atoms with Crippen LogP contribution in [0.2, 0.25) is 0 Å². The summed E-state index contributed by atoms with van der Waals surface area (Å²) in [5.41, 5.74) is 2.47. The van der Waals surface area contributed by atoms with Gasteiger partial charge in [0.2, 0.25) is 0 Å². The van der Waals surface area contributed by atoms with Gasteiger partial charge in [-0.25, -0.2) is 4.52 Å². The molecule has 19 heavy (non-hydrogen) atoms. The van der Waals surface area contributed by atoms with Gasteiger partial charge in [0.1, 0.15) is 0 Å². The lowest BCUT2D eigenvalue weighted by molar-refractivity contribution is 0.252. The molecule has 1 N–H and O–H groups in total. The minimum Gasteiger partial charge on any atom is -0.311 e. The second kappa shape index (κ2) is 5.72. The third-order valence-electron chi connectivity index (χ3n) is 4.03. The van der Waals surface area contributed by atoms with Crippen LogP contribution in [0, 0.1) is 0 Å². The summed E-state index contributed by atoms with van der Waals surface area (Å²) in [7, 11) is 0. The predicted molar refractivity (Wildman–Crippen MR) is 77.2 cm³/mol. The third-order valence-corrected chi connectivity index (χ3v) is 4.03. The molecule has 0 radical (unpaired) electrons. The molecular weight excluding hydrogens is 236 g/mol. The summed E-state index contributed by atoms with van der Waals surface area (Å²) >= 11 is 0. The van der Waals surface area contributed by atoms with Crippen molar-refractivity contribution in [2.45, 2.75) is 32.4 Å². The van der Waals surface area contributed by atoms with Crippen LogP contribution in [0.4, 0.5) is 0 Å². The van der Waals surface area contributed by atoms with E-state index in [1.165, 1.54) is 37.0 Å². The number of likely N-dealkylation sites (tertiary alicyclic amines) is 1. The Morgan fingerprint density at radius 2 is 2.16 bits per heavy atom. The highest BCUT2D eigenvalue weighted by Gasteiger charge is 2.17. The van der Waals surface area contributed by atoms with E-state index in [0.717, 1.165) is 13.1 Å². The fourth-order valence-electron chi connectivity index (χ4n) is 2.85. The molecule has 3 rings (SSSR count). The zero-order chi connectivity index (χ0) is 13.1. The van der Waals surface area contributed by atoms with Crippen LogP contribution in [0.5, 0.6) is 0 Å². The van der Waals surface area contributed by atoms with Gasteiger partial charge in [-0.2, -0.15) is 5.10 Å². The average Bonchev–Trinajstić information content (AvgIpc) is 3.08. The molecule has 0 spiro atoms. The second-order valence-corrected chi connectivity index (χ2v) is 5.42. The first-order valence-corrected chi connectivity index (χ1v) is 7.20. The summed E-state index contributed by atoms with van der Waals surface area (Å²) in [6.07, 6.45) is 6.67. The van der Waals surface area contributed by atoms with Crippen LogP contribution < -0.4 is 5.32 Å². The fraction of sp³-hybridized carbons (Fsp3) is 0.533. The Bertz CT molecular complexity index is 528. The highest BCUT2D eigenvalue weighted by atomic mass is 15.2.